The molecule has 0 spiro atoms. The molecule has 0 aliphatic carbocycles. The van der Waals surface area contributed by atoms with Gasteiger partial charge in [0.25, 0.3) is 0 Å². The van der Waals surface area contributed by atoms with Gasteiger partial charge in [0, 0.05) is 38.7 Å². The molecule has 0 unspecified atom stereocenters. The van der Waals surface area contributed by atoms with E-state index in [2.05, 4.69) is 0 Å². The van der Waals surface area contributed by atoms with Crippen molar-refractivity contribution in [2.75, 3.05) is 31.6 Å². The average Bonchev–Trinajstić information content (AvgIpc) is 3.08. The van der Waals surface area contributed by atoms with E-state index in [1.165, 1.54) is 18.9 Å². The first-order valence-electron chi connectivity index (χ1n) is 7.77. The Hall–Kier alpha value is -2.37. The largest absolute Gasteiger partial charge is 0.465 e. The van der Waals surface area contributed by atoms with Gasteiger partial charge in [-0.3, -0.25) is 9.59 Å². The SMILES string of the molecule is COC(=O)c1cccc(N(CCC(=O)N2CCCC2)C(C)=O)c1. The number of hydrogen-bond donors (Lipinski definition) is 0. The lowest BCUT2D eigenvalue weighted by Gasteiger charge is -2.23. The maximum absolute atomic E-state index is 12.1. The minimum Gasteiger partial charge on any atom is -0.465 e. The van der Waals surface area contributed by atoms with Crippen molar-refractivity contribution in [1.29, 1.82) is 0 Å². The Labute approximate surface area is 136 Å². The first kappa shape index (κ1) is 17.0. The second-order valence-corrected chi connectivity index (χ2v) is 5.55. The molecular formula is C17H22N2O4. The fourth-order valence-corrected chi connectivity index (χ4v) is 2.72. The van der Waals surface area contributed by atoms with Crippen molar-refractivity contribution in [3.63, 3.8) is 0 Å². The zero-order valence-corrected chi connectivity index (χ0v) is 13.6. The third kappa shape index (κ3) is 4.31. The first-order valence-corrected chi connectivity index (χ1v) is 7.77. The van der Waals surface area contributed by atoms with Crippen LogP contribution >= 0.6 is 0 Å². The maximum atomic E-state index is 12.1. The lowest BCUT2D eigenvalue weighted by molar-refractivity contribution is -0.129. The van der Waals surface area contributed by atoms with E-state index in [1.807, 2.05) is 4.90 Å². The molecule has 0 radical (unpaired) electrons. The third-order valence-corrected chi connectivity index (χ3v) is 3.97. The fraction of sp³-hybridized carbons (Fsp3) is 0.471. The summed E-state index contributed by atoms with van der Waals surface area (Å²) in [7, 11) is 1.31. The highest BCUT2D eigenvalue weighted by Gasteiger charge is 2.20. The predicted molar refractivity (Wildman–Crippen MR) is 86.2 cm³/mol. The molecule has 1 aromatic carbocycles. The average molecular weight is 318 g/mol. The highest BCUT2D eigenvalue weighted by molar-refractivity contribution is 5.95. The molecule has 6 heteroatoms. The lowest BCUT2D eigenvalue weighted by atomic mass is 10.1. The van der Waals surface area contributed by atoms with E-state index in [9.17, 15) is 14.4 Å². The first-order chi connectivity index (χ1) is 11.0. The highest BCUT2D eigenvalue weighted by Crippen LogP contribution is 2.18. The summed E-state index contributed by atoms with van der Waals surface area (Å²) in [4.78, 5) is 39.0. The number of likely N-dealkylation sites (tertiary alicyclic amines) is 1. The van der Waals surface area contributed by atoms with Gasteiger partial charge in [0.2, 0.25) is 11.8 Å². The van der Waals surface area contributed by atoms with Gasteiger partial charge in [-0.05, 0) is 31.0 Å². The molecule has 0 saturated carbocycles. The Morgan fingerprint density at radius 2 is 1.91 bits per heavy atom. The van der Waals surface area contributed by atoms with Crippen molar-refractivity contribution in [2.45, 2.75) is 26.2 Å². The number of anilines is 1. The molecule has 1 aromatic rings. The van der Waals surface area contributed by atoms with Crippen LogP contribution in [0, 0.1) is 0 Å². The standard InChI is InChI=1S/C17H22N2O4/c1-13(20)19(11-8-16(21)18-9-3-4-10-18)15-7-5-6-14(12-15)17(22)23-2/h5-7,12H,3-4,8-11H2,1-2H3. The van der Waals surface area contributed by atoms with Crippen LogP contribution < -0.4 is 4.90 Å². The van der Waals surface area contributed by atoms with Gasteiger partial charge in [-0.25, -0.2) is 4.79 Å². The summed E-state index contributed by atoms with van der Waals surface area (Å²) in [6.45, 7) is 3.36. The molecule has 124 valence electrons. The monoisotopic (exact) mass is 318 g/mol. The van der Waals surface area contributed by atoms with Crippen molar-refractivity contribution in [3.05, 3.63) is 29.8 Å². The predicted octanol–water partition coefficient (Wildman–Crippen LogP) is 1.84. The summed E-state index contributed by atoms with van der Waals surface area (Å²) in [5, 5.41) is 0. The van der Waals surface area contributed by atoms with Crippen LogP contribution in [0.3, 0.4) is 0 Å². The molecule has 1 fully saturated rings. The lowest BCUT2D eigenvalue weighted by Crippen LogP contribution is -2.35. The summed E-state index contributed by atoms with van der Waals surface area (Å²) < 4.78 is 4.69. The van der Waals surface area contributed by atoms with E-state index in [1.54, 1.807) is 24.3 Å². The Bertz CT molecular complexity index is 594. The van der Waals surface area contributed by atoms with E-state index in [0.29, 0.717) is 17.8 Å². The van der Waals surface area contributed by atoms with Crippen LogP contribution in [0.1, 0.15) is 36.5 Å². The van der Waals surface area contributed by atoms with Gasteiger partial charge in [0.05, 0.1) is 12.7 Å². The molecule has 1 aliphatic rings. The minimum absolute atomic E-state index is 0.0675. The zero-order valence-electron chi connectivity index (χ0n) is 13.6. The molecule has 1 heterocycles. The van der Waals surface area contributed by atoms with Crippen molar-refractivity contribution < 1.29 is 19.1 Å². The molecule has 0 N–H and O–H groups in total. The Morgan fingerprint density at radius 3 is 2.52 bits per heavy atom. The van der Waals surface area contributed by atoms with Gasteiger partial charge in [0.1, 0.15) is 0 Å². The van der Waals surface area contributed by atoms with Gasteiger partial charge in [0.15, 0.2) is 0 Å². The number of carbonyl (C=O) groups is 3. The number of esters is 1. The summed E-state index contributed by atoms with van der Waals surface area (Å²) in [6, 6.07) is 6.67. The summed E-state index contributed by atoms with van der Waals surface area (Å²) in [5.74, 6) is -0.553. The molecule has 1 aliphatic heterocycles. The maximum Gasteiger partial charge on any atom is 0.337 e. The van der Waals surface area contributed by atoms with Crippen LogP contribution in [-0.2, 0) is 14.3 Å². The third-order valence-electron chi connectivity index (χ3n) is 3.97. The zero-order chi connectivity index (χ0) is 16.8. The van der Waals surface area contributed by atoms with E-state index in [0.717, 1.165) is 25.9 Å². The van der Waals surface area contributed by atoms with Gasteiger partial charge < -0.3 is 14.5 Å². The summed E-state index contributed by atoms with van der Waals surface area (Å²) in [5.41, 5.74) is 0.969. The van der Waals surface area contributed by atoms with Crippen molar-refractivity contribution in [1.82, 2.24) is 4.90 Å². The van der Waals surface area contributed by atoms with Gasteiger partial charge >= 0.3 is 5.97 Å². The number of amides is 2. The molecule has 6 nitrogen and oxygen atoms in total. The molecule has 0 bridgehead atoms. The van der Waals surface area contributed by atoms with Crippen LogP contribution in [0.5, 0.6) is 0 Å². The highest BCUT2D eigenvalue weighted by atomic mass is 16.5. The number of methoxy groups -OCH3 is 1. The van der Waals surface area contributed by atoms with Crippen LogP contribution in [0.25, 0.3) is 0 Å². The Kier molecular flexibility index (Phi) is 5.73. The summed E-state index contributed by atoms with van der Waals surface area (Å²) in [6.07, 6.45) is 2.37. The molecule has 2 amide bonds. The van der Waals surface area contributed by atoms with Gasteiger partial charge in [-0.1, -0.05) is 6.07 Å². The number of carbonyl (C=O) groups excluding carboxylic acids is 3. The van der Waals surface area contributed by atoms with Crippen molar-refractivity contribution >= 4 is 23.5 Å². The number of hydrogen-bond acceptors (Lipinski definition) is 4. The quantitative estimate of drug-likeness (QED) is 0.777. The number of ether oxygens (including phenoxy) is 1. The second kappa shape index (κ2) is 7.76. The molecule has 1 saturated heterocycles. The van der Waals surface area contributed by atoms with E-state index >= 15 is 0 Å². The van der Waals surface area contributed by atoms with Crippen molar-refractivity contribution in [2.24, 2.45) is 0 Å². The second-order valence-electron chi connectivity index (χ2n) is 5.55. The minimum atomic E-state index is -0.455. The molecule has 23 heavy (non-hydrogen) atoms. The van der Waals surface area contributed by atoms with Crippen LogP contribution in [0.2, 0.25) is 0 Å². The summed E-state index contributed by atoms with van der Waals surface area (Å²) >= 11 is 0. The smallest absolute Gasteiger partial charge is 0.337 e. The van der Waals surface area contributed by atoms with Crippen LogP contribution in [0.4, 0.5) is 5.69 Å². The Morgan fingerprint density at radius 1 is 1.22 bits per heavy atom. The molecule has 0 aromatic heterocycles. The van der Waals surface area contributed by atoms with Gasteiger partial charge in [-0.15, -0.1) is 0 Å². The molecular weight excluding hydrogens is 296 g/mol. The number of nitrogens with zero attached hydrogens (tertiary/aromatic N) is 2. The number of rotatable bonds is 5. The van der Waals surface area contributed by atoms with E-state index in [4.69, 9.17) is 4.74 Å². The van der Waals surface area contributed by atoms with E-state index < -0.39 is 5.97 Å². The topological polar surface area (TPSA) is 66.9 Å². The van der Waals surface area contributed by atoms with Crippen LogP contribution in [-0.4, -0.2) is 49.4 Å². The van der Waals surface area contributed by atoms with Gasteiger partial charge in [-0.2, -0.15) is 0 Å². The van der Waals surface area contributed by atoms with Crippen molar-refractivity contribution in [3.8, 4) is 0 Å². The Balaban J connectivity index is 2.07. The van der Waals surface area contributed by atoms with Crippen LogP contribution in [0.15, 0.2) is 24.3 Å². The number of benzene rings is 1. The molecule has 0 atom stereocenters. The molecule has 2 rings (SSSR count). The normalized spacial score (nSPS) is 13.7. The van der Waals surface area contributed by atoms with E-state index in [-0.39, 0.29) is 18.2 Å². The fourth-order valence-electron chi connectivity index (χ4n) is 2.72.